The third-order valence-electron chi connectivity index (χ3n) is 4.41. The SMILES string of the molecule is CCOC1CC(N)(C(=O)Nc2ccc(Cl)cc2F)C1(C)C.Cl. The Morgan fingerprint density at radius 3 is 2.68 bits per heavy atom. The maximum absolute atomic E-state index is 13.7. The number of ether oxygens (including phenoxy) is 1. The Morgan fingerprint density at radius 1 is 1.55 bits per heavy atom. The molecule has 1 aliphatic carbocycles. The number of anilines is 1. The minimum Gasteiger partial charge on any atom is -0.378 e. The molecule has 0 radical (unpaired) electrons. The molecule has 3 N–H and O–H groups in total. The van der Waals surface area contributed by atoms with Crippen LogP contribution >= 0.6 is 24.0 Å². The van der Waals surface area contributed by atoms with Crippen molar-refractivity contribution in [2.45, 2.75) is 38.8 Å². The first-order valence-corrected chi connectivity index (χ1v) is 7.27. The van der Waals surface area contributed by atoms with Gasteiger partial charge in [0.05, 0.1) is 11.8 Å². The van der Waals surface area contributed by atoms with Crippen molar-refractivity contribution in [2.24, 2.45) is 11.1 Å². The van der Waals surface area contributed by atoms with Crippen molar-refractivity contribution in [1.82, 2.24) is 0 Å². The summed E-state index contributed by atoms with van der Waals surface area (Å²) in [6.45, 7) is 6.23. The van der Waals surface area contributed by atoms with E-state index < -0.39 is 22.7 Å². The van der Waals surface area contributed by atoms with Crippen molar-refractivity contribution >= 4 is 35.6 Å². The van der Waals surface area contributed by atoms with Gasteiger partial charge in [0.2, 0.25) is 5.91 Å². The summed E-state index contributed by atoms with van der Waals surface area (Å²) < 4.78 is 19.3. The van der Waals surface area contributed by atoms with Crippen LogP contribution in [0.5, 0.6) is 0 Å². The molecule has 0 heterocycles. The van der Waals surface area contributed by atoms with E-state index in [-0.39, 0.29) is 29.2 Å². The second-order valence-corrected chi connectivity index (χ2v) is 6.36. The van der Waals surface area contributed by atoms with Crippen LogP contribution in [0.1, 0.15) is 27.2 Å². The lowest BCUT2D eigenvalue weighted by Crippen LogP contribution is -2.74. The fourth-order valence-electron chi connectivity index (χ4n) is 2.65. The maximum atomic E-state index is 13.7. The van der Waals surface area contributed by atoms with E-state index >= 15 is 0 Å². The average Bonchev–Trinajstić information content (AvgIpc) is 2.41. The van der Waals surface area contributed by atoms with Crippen molar-refractivity contribution in [3.05, 3.63) is 29.0 Å². The molecule has 1 aromatic rings. The highest BCUT2D eigenvalue weighted by molar-refractivity contribution is 6.30. The summed E-state index contributed by atoms with van der Waals surface area (Å²) in [6, 6.07) is 4.08. The molecular formula is C15H21Cl2FN2O2. The van der Waals surface area contributed by atoms with E-state index in [1.807, 2.05) is 20.8 Å². The van der Waals surface area contributed by atoms with Gasteiger partial charge in [0.1, 0.15) is 11.4 Å². The summed E-state index contributed by atoms with van der Waals surface area (Å²) in [7, 11) is 0. The van der Waals surface area contributed by atoms with Gasteiger partial charge in [-0.2, -0.15) is 0 Å². The molecule has 1 amide bonds. The van der Waals surface area contributed by atoms with E-state index in [2.05, 4.69) is 5.32 Å². The zero-order valence-electron chi connectivity index (χ0n) is 12.8. The van der Waals surface area contributed by atoms with Crippen LogP contribution < -0.4 is 11.1 Å². The van der Waals surface area contributed by atoms with Crippen LogP contribution in [0.15, 0.2) is 18.2 Å². The number of nitrogens with two attached hydrogens (primary N) is 1. The third kappa shape index (κ3) is 3.08. The standard InChI is InChI=1S/C15H20ClFN2O2.ClH/c1-4-21-12-8-15(18,14(12,2)3)13(20)19-11-6-5-9(16)7-10(11)17;/h5-7,12H,4,8,18H2,1-3H3,(H,19,20);1H. The Morgan fingerprint density at radius 2 is 2.18 bits per heavy atom. The van der Waals surface area contributed by atoms with Gasteiger partial charge < -0.3 is 15.8 Å². The highest BCUT2D eigenvalue weighted by atomic mass is 35.5. The molecule has 0 bridgehead atoms. The van der Waals surface area contributed by atoms with Crippen LogP contribution in [0.4, 0.5) is 10.1 Å². The van der Waals surface area contributed by atoms with Crippen LogP contribution in [-0.2, 0) is 9.53 Å². The number of carbonyl (C=O) groups excluding carboxylic acids is 1. The molecule has 2 unspecified atom stereocenters. The minimum absolute atomic E-state index is 0. The van der Waals surface area contributed by atoms with Gasteiger partial charge in [0, 0.05) is 23.5 Å². The second kappa shape index (κ2) is 6.71. The predicted octanol–water partition coefficient (Wildman–Crippen LogP) is 3.37. The van der Waals surface area contributed by atoms with Gasteiger partial charge in [-0.05, 0) is 25.1 Å². The molecule has 0 aliphatic heterocycles. The Kier molecular flexibility index (Phi) is 5.84. The second-order valence-electron chi connectivity index (χ2n) is 5.92. The highest BCUT2D eigenvalue weighted by Gasteiger charge is 2.62. The summed E-state index contributed by atoms with van der Waals surface area (Å²) in [5, 5.41) is 2.82. The molecule has 22 heavy (non-hydrogen) atoms. The number of rotatable bonds is 4. The smallest absolute Gasteiger partial charge is 0.245 e. The van der Waals surface area contributed by atoms with Gasteiger partial charge in [0.25, 0.3) is 0 Å². The quantitative estimate of drug-likeness (QED) is 0.874. The number of hydrogen-bond acceptors (Lipinski definition) is 3. The molecule has 2 atom stereocenters. The summed E-state index contributed by atoms with van der Waals surface area (Å²) in [4.78, 5) is 12.4. The Hall–Kier alpha value is -0.880. The summed E-state index contributed by atoms with van der Waals surface area (Å²) in [5.74, 6) is -0.998. The van der Waals surface area contributed by atoms with Crippen molar-refractivity contribution in [3.8, 4) is 0 Å². The van der Waals surface area contributed by atoms with Gasteiger partial charge >= 0.3 is 0 Å². The first-order chi connectivity index (χ1) is 9.72. The third-order valence-corrected chi connectivity index (χ3v) is 4.65. The number of nitrogens with one attached hydrogen (secondary N) is 1. The number of amides is 1. The van der Waals surface area contributed by atoms with Gasteiger partial charge in [-0.15, -0.1) is 12.4 Å². The minimum atomic E-state index is -1.08. The van der Waals surface area contributed by atoms with Gasteiger partial charge in [-0.3, -0.25) is 4.79 Å². The molecule has 2 rings (SSSR count). The van der Waals surface area contributed by atoms with E-state index in [0.717, 1.165) is 6.07 Å². The highest BCUT2D eigenvalue weighted by Crippen LogP contribution is 2.50. The average molecular weight is 351 g/mol. The van der Waals surface area contributed by atoms with Crippen molar-refractivity contribution in [1.29, 1.82) is 0 Å². The molecule has 1 saturated carbocycles. The van der Waals surface area contributed by atoms with E-state index in [0.29, 0.717) is 13.0 Å². The van der Waals surface area contributed by atoms with E-state index in [4.69, 9.17) is 22.1 Å². The molecule has 7 heteroatoms. The lowest BCUT2D eigenvalue weighted by Gasteiger charge is -2.57. The number of benzene rings is 1. The zero-order valence-corrected chi connectivity index (χ0v) is 14.4. The van der Waals surface area contributed by atoms with E-state index in [1.54, 1.807) is 0 Å². The summed E-state index contributed by atoms with van der Waals surface area (Å²) in [6.07, 6.45) is 0.336. The number of carbonyl (C=O) groups is 1. The predicted molar refractivity (Wildman–Crippen MR) is 88.0 cm³/mol. The maximum Gasteiger partial charge on any atom is 0.245 e. The van der Waals surface area contributed by atoms with Crippen molar-refractivity contribution in [3.63, 3.8) is 0 Å². The molecule has 124 valence electrons. The van der Waals surface area contributed by atoms with E-state index in [1.165, 1.54) is 12.1 Å². The zero-order chi connectivity index (χ0) is 15.8. The van der Waals surface area contributed by atoms with E-state index in [9.17, 15) is 9.18 Å². The monoisotopic (exact) mass is 350 g/mol. The van der Waals surface area contributed by atoms with Crippen molar-refractivity contribution < 1.29 is 13.9 Å². The van der Waals surface area contributed by atoms with Crippen LogP contribution in [0.25, 0.3) is 0 Å². The van der Waals surface area contributed by atoms with Crippen molar-refractivity contribution in [2.75, 3.05) is 11.9 Å². The van der Waals surface area contributed by atoms with Crippen LogP contribution in [0, 0.1) is 11.2 Å². The van der Waals surface area contributed by atoms with Gasteiger partial charge in [-0.25, -0.2) is 4.39 Å². The molecule has 0 saturated heterocycles. The summed E-state index contributed by atoms with van der Waals surface area (Å²) >= 11 is 5.69. The van der Waals surface area contributed by atoms with Crippen LogP contribution in [-0.4, -0.2) is 24.2 Å². The van der Waals surface area contributed by atoms with Crippen LogP contribution in [0.3, 0.4) is 0 Å². The molecule has 1 aliphatic rings. The first kappa shape index (κ1) is 19.2. The number of hydrogen-bond donors (Lipinski definition) is 2. The largest absolute Gasteiger partial charge is 0.378 e. The fraction of sp³-hybridized carbons (Fsp3) is 0.533. The lowest BCUT2D eigenvalue weighted by atomic mass is 9.54. The molecule has 4 nitrogen and oxygen atoms in total. The Balaban J connectivity index is 0.00000242. The van der Waals surface area contributed by atoms with Gasteiger partial charge in [0.15, 0.2) is 0 Å². The molecule has 0 aromatic heterocycles. The first-order valence-electron chi connectivity index (χ1n) is 6.89. The lowest BCUT2D eigenvalue weighted by molar-refractivity contribution is -0.166. The molecular weight excluding hydrogens is 330 g/mol. The normalized spacial score (nSPS) is 25.8. The topological polar surface area (TPSA) is 64.3 Å². The Bertz CT molecular complexity index is 568. The Labute approximate surface area is 140 Å². The molecule has 0 spiro atoms. The number of halogens is 3. The molecule has 1 fully saturated rings. The summed E-state index contributed by atoms with van der Waals surface area (Å²) in [5.41, 5.74) is 4.70. The molecule has 1 aromatic carbocycles. The van der Waals surface area contributed by atoms with Gasteiger partial charge in [-0.1, -0.05) is 25.4 Å². The fourth-order valence-corrected chi connectivity index (χ4v) is 2.80. The van der Waals surface area contributed by atoms with Crippen LogP contribution in [0.2, 0.25) is 5.02 Å².